The minimum absolute atomic E-state index is 0.333. The molecule has 0 bridgehead atoms. The Hall–Kier alpha value is -2.66. The van der Waals surface area contributed by atoms with Crippen LogP contribution in [0.3, 0.4) is 0 Å². The summed E-state index contributed by atoms with van der Waals surface area (Å²) in [6, 6.07) is 14.7. The highest BCUT2D eigenvalue weighted by Gasteiger charge is 2.11. The molecule has 0 heterocycles. The number of carbonyl (C=O) groups excluding carboxylic acids is 2. The van der Waals surface area contributed by atoms with Gasteiger partial charge in [-0.2, -0.15) is 0 Å². The molecule has 0 unspecified atom stereocenters. The topological polar surface area (TPSA) is 64.6 Å². The van der Waals surface area contributed by atoms with Gasteiger partial charge in [-0.1, -0.05) is 38.1 Å². The molecule has 26 heavy (non-hydrogen) atoms. The van der Waals surface area contributed by atoms with Gasteiger partial charge >= 0.3 is 5.97 Å². The lowest BCUT2D eigenvalue weighted by molar-refractivity contribution is -0.119. The predicted molar refractivity (Wildman–Crippen MR) is 101 cm³/mol. The van der Waals surface area contributed by atoms with Crippen molar-refractivity contribution in [3.8, 4) is 0 Å². The molecule has 2 aromatic carbocycles. The van der Waals surface area contributed by atoms with E-state index in [1.54, 1.807) is 25.3 Å². The van der Waals surface area contributed by atoms with Gasteiger partial charge in [0, 0.05) is 12.8 Å². The molecule has 2 rings (SSSR count). The van der Waals surface area contributed by atoms with E-state index in [9.17, 15) is 9.59 Å². The van der Waals surface area contributed by atoms with Crippen LogP contribution >= 0.6 is 0 Å². The molecule has 0 radical (unpaired) electrons. The number of rotatable bonds is 8. The van der Waals surface area contributed by atoms with Crippen molar-refractivity contribution in [3.63, 3.8) is 0 Å². The van der Waals surface area contributed by atoms with Crippen LogP contribution < -0.4 is 5.32 Å². The molecule has 1 amide bonds. The Morgan fingerprint density at radius 1 is 1.12 bits per heavy atom. The van der Waals surface area contributed by atoms with Crippen molar-refractivity contribution < 1.29 is 19.1 Å². The molecule has 0 aliphatic heterocycles. The van der Waals surface area contributed by atoms with Gasteiger partial charge in [-0.15, -0.1) is 0 Å². The summed E-state index contributed by atoms with van der Waals surface area (Å²) in [4.78, 5) is 24.1. The van der Waals surface area contributed by atoms with Crippen LogP contribution in [0.5, 0.6) is 0 Å². The van der Waals surface area contributed by atoms with Crippen molar-refractivity contribution in [3.05, 3.63) is 65.2 Å². The van der Waals surface area contributed by atoms with Crippen LogP contribution in [0.1, 0.15) is 47.7 Å². The number of methoxy groups -OCH3 is 1. The number of nitrogens with one attached hydrogen (secondary N) is 1. The van der Waals surface area contributed by atoms with Gasteiger partial charge in [-0.25, -0.2) is 4.79 Å². The van der Waals surface area contributed by atoms with E-state index in [2.05, 4.69) is 19.2 Å². The lowest BCUT2D eigenvalue weighted by atomic mass is 9.99. The first-order valence-electron chi connectivity index (χ1n) is 8.68. The molecule has 5 nitrogen and oxygen atoms in total. The van der Waals surface area contributed by atoms with Crippen molar-refractivity contribution in [1.82, 2.24) is 0 Å². The maximum atomic E-state index is 12.1. The molecule has 0 fully saturated rings. The Labute approximate surface area is 154 Å². The zero-order chi connectivity index (χ0) is 18.9. The van der Waals surface area contributed by atoms with Crippen molar-refractivity contribution in [2.24, 2.45) is 0 Å². The average Bonchev–Trinajstić information content (AvgIpc) is 2.66. The number of anilines is 1. The first-order valence-corrected chi connectivity index (χ1v) is 8.68. The normalized spacial score (nSPS) is 11.7. The zero-order valence-electron chi connectivity index (χ0n) is 15.5. The monoisotopic (exact) mass is 355 g/mol. The van der Waals surface area contributed by atoms with E-state index >= 15 is 0 Å². The van der Waals surface area contributed by atoms with Gasteiger partial charge in [0.05, 0.1) is 12.2 Å². The SMILES string of the molecule is CC[C@@H](C)c1ccc(NC(=O)COC(=O)c2cccc(COC)c2)cc1. The average molecular weight is 355 g/mol. The molecule has 0 aromatic heterocycles. The third-order valence-electron chi connectivity index (χ3n) is 4.18. The summed E-state index contributed by atoms with van der Waals surface area (Å²) in [7, 11) is 1.59. The molecule has 0 spiro atoms. The number of amides is 1. The predicted octanol–water partition coefficient (Wildman–Crippen LogP) is 4.14. The first-order chi connectivity index (χ1) is 12.5. The number of hydrogen-bond donors (Lipinski definition) is 1. The fraction of sp³-hybridized carbons (Fsp3) is 0.333. The summed E-state index contributed by atoms with van der Waals surface area (Å²) in [6.07, 6.45) is 1.06. The van der Waals surface area contributed by atoms with Crippen LogP contribution in [0.4, 0.5) is 5.69 Å². The van der Waals surface area contributed by atoms with E-state index in [1.807, 2.05) is 30.3 Å². The van der Waals surface area contributed by atoms with Crippen LogP contribution in [0, 0.1) is 0 Å². The standard InChI is InChI=1S/C21H25NO4/c1-4-15(2)17-8-10-19(11-9-17)22-20(23)14-26-21(24)18-7-5-6-16(12-18)13-25-3/h5-12,15H,4,13-14H2,1-3H3,(H,22,23)/t15-/m1/s1. The second-order valence-electron chi connectivity index (χ2n) is 6.19. The summed E-state index contributed by atoms with van der Waals surface area (Å²) in [5.74, 6) is -0.428. The molecule has 0 saturated heterocycles. The minimum atomic E-state index is -0.537. The second kappa shape index (κ2) is 9.73. The molecule has 0 aliphatic carbocycles. The van der Waals surface area contributed by atoms with Crippen LogP contribution in [-0.4, -0.2) is 25.6 Å². The van der Waals surface area contributed by atoms with Crippen molar-refractivity contribution >= 4 is 17.6 Å². The van der Waals surface area contributed by atoms with Gasteiger partial charge in [0.1, 0.15) is 0 Å². The summed E-state index contributed by atoms with van der Waals surface area (Å²) >= 11 is 0. The van der Waals surface area contributed by atoms with Gasteiger partial charge < -0.3 is 14.8 Å². The van der Waals surface area contributed by atoms with Crippen LogP contribution in [0.15, 0.2) is 48.5 Å². The Bertz CT molecular complexity index is 740. The fourth-order valence-corrected chi connectivity index (χ4v) is 2.50. The third-order valence-corrected chi connectivity index (χ3v) is 4.18. The summed E-state index contributed by atoms with van der Waals surface area (Å²) in [6.45, 7) is 4.38. The van der Waals surface area contributed by atoms with Gasteiger partial charge in [0.2, 0.25) is 0 Å². The molecule has 0 saturated carbocycles. The van der Waals surface area contributed by atoms with Gasteiger partial charge in [0.15, 0.2) is 6.61 Å². The number of esters is 1. The summed E-state index contributed by atoms with van der Waals surface area (Å²) in [5, 5.41) is 2.73. The van der Waals surface area contributed by atoms with Crippen molar-refractivity contribution in [1.29, 1.82) is 0 Å². The highest BCUT2D eigenvalue weighted by Crippen LogP contribution is 2.20. The Morgan fingerprint density at radius 3 is 2.50 bits per heavy atom. The summed E-state index contributed by atoms with van der Waals surface area (Å²) < 4.78 is 10.1. The van der Waals surface area contributed by atoms with E-state index in [0.29, 0.717) is 23.8 Å². The molecular formula is C21H25NO4. The molecule has 0 aliphatic rings. The van der Waals surface area contributed by atoms with Crippen LogP contribution in [-0.2, 0) is 20.9 Å². The quantitative estimate of drug-likeness (QED) is 0.723. The van der Waals surface area contributed by atoms with E-state index in [0.717, 1.165) is 12.0 Å². The maximum Gasteiger partial charge on any atom is 0.338 e. The molecule has 1 N–H and O–H groups in total. The first kappa shape index (κ1) is 19.7. The highest BCUT2D eigenvalue weighted by molar-refractivity contribution is 5.95. The lowest BCUT2D eigenvalue weighted by Crippen LogP contribution is -2.21. The lowest BCUT2D eigenvalue weighted by Gasteiger charge is -2.11. The summed E-state index contributed by atoms with van der Waals surface area (Å²) in [5.41, 5.74) is 3.17. The fourth-order valence-electron chi connectivity index (χ4n) is 2.50. The molecule has 5 heteroatoms. The minimum Gasteiger partial charge on any atom is -0.452 e. The van der Waals surface area contributed by atoms with Crippen LogP contribution in [0.2, 0.25) is 0 Å². The number of benzene rings is 2. The van der Waals surface area contributed by atoms with E-state index in [1.165, 1.54) is 5.56 Å². The molecule has 1 atom stereocenters. The largest absolute Gasteiger partial charge is 0.452 e. The Balaban J connectivity index is 1.86. The maximum absolute atomic E-state index is 12.1. The van der Waals surface area contributed by atoms with Crippen molar-refractivity contribution in [2.45, 2.75) is 32.8 Å². The molecular weight excluding hydrogens is 330 g/mol. The molecule has 2 aromatic rings. The van der Waals surface area contributed by atoms with E-state index in [4.69, 9.17) is 9.47 Å². The smallest absolute Gasteiger partial charge is 0.338 e. The number of carbonyl (C=O) groups is 2. The Morgan fingerprint density at radius 2 is 1.85 bits per heavy atom. The zero-order valence-corrected chi connectivity index (χ0v) is 15.5. The van der Waals surface area contributed by atoms with Crippen molar-refractivity contribution in [2.75, 3.05) is 19.0 Å². The van der Waals surface area contributed by atoms with E-state index in [-0.39, 0.29) is 12.5 Å². The highest BCUT2D eigenvalue weighted by atomic mass is 16.5. The third kappa shape index (κ3) is 5.70. The van der Waals surface area contributed by atoms with Gasteiger partial charge in [-0.3, -0.25) is 4.79 Å². The Kier molecular flexibility index (Phi) is 7.36. The molecule has 138 valence electrons. The number of ether oxygens (including phenoxy) is 2. The van der Waals surface area contributed by atoms with Gasteiger partial charge in [-0.05, 0) is 47.7 Å². The van der Waals surface area contributed by atoms with Crippen LogP contribution in [0.25, 0.3) is 0 Å². The van der Waals surface area contributed by atoms with Gasteiger partial charge in [0.25, 0.3) is 5.91 Å². The van der Waals surface area contributed by atoms with E-state index < -0.39 is 5.97 Å². The second-order valence-corrected chi connectivity index (χ2v) is 6.19. The number of hydrogen-bond acceptors (Lipinski definition) is 4.